The summed E-state index contributed by atoms with van der Waals surface area (Å²) >= 11 is 0. The number of rotatable bonds is 6. The molecule has 20 heavy (non-hydrogen) atoms. The fourth-order valence-corrected chi connectivity index (χ4v) is 2.13. The van der Waals surface area contributed by atoms with Crippen molar-refractivity contribution in [1.29, 1.82) is 0 Å². The SMILES string of the molecule is Cc1ccccc1C(O)CNC/C=C/c1ccccc1. The second-order valence-electron chi connectivity index (χ2n) is 4.84. The summed E-state index contributed by atoms with van der Waals surface area (Å²) in [5.41, 5.74) is 3.31. The largest absolute Gasteiger partial charge is 0.387 e. The van der Waals surface area contributed by atoms with Crippen LogP contribution in [0.1, 0.15) is 22.8 Å². The standard InChI is InChI=1S/C18H21NO/c1-15-8-5-6-12-17(15)18(20)14-19-13-7-11-16-9-3-2-4-10-16/h2-12,18-20H,13-14H2,1H3/b11-7+. The van der Waals surface area contributed by atoms with Gasteiger partial charge < -0.3 is 10.4 Å². The highest BCUT2D eigenvalue weighted by molar-refractivity contribution is 5.48. The first kappa shape index (κ1) is 14.5. The van der Waals surface area contributed by atoms with Crippen LogP contribution < -0.4 is 5.32 Å². The first-order chi connectivity index (χ1) is 9.77. The Morgan fingerprint density at radius 2 is 1.75 bits per heavy atom. The van der Waals surface area contributed by atoms with Gasteiger partial charge in [-0.2, -0.15) is 0 Å². The van der Waals surface area contributed by atoms with E-state index in [1.807, 2.05) is 49.4 Å². The van der Waals surface area contributed by atoms with E-state index in [2.05, 4.69) is 29.6 Å². The van der Waals surface area contributed by atoms with Gasteiger partial charge in [-0.1, -0.05) is 66.7 Å². The maximum atomic E-state index is 10.1. The molecule has 0 aliphatic rings. The molecule has 104 valence electrons. The van der Waals surface area contributed by atoms with E-state index in [-0.39, 0.29) is 0 Å². The van der Waals surface area contributed by atoms with Crippen molar-refractivity contribution in [3.8, 4) is 0 Å². The van der Waals surface area contributed by atoms with Crippen molar-refractivity contribution >= 4 is 6.08 Å². The molecule has 0 aliphatic carbocycles. The molecule has 0 aromatic heterocycles. The summed E-state index contributed by atoms with van der Waals surface area (Å²) in [6.45, 7) is 3.33. The molecule has 0 fully saturated rings. The number of hydrogen-bond acceptors (Lipinski definition) is 2. The highest BCUT2D eigenvalue weighted by Gasteiger charge is 2.08. The van der Waals surface area contributed by atoms with E-state index < -0.39 is 6.10 Å². The van der Waals surface area contributed by atoms with E-state index >= 15 is 0 Å². The lowest BCUT2D eigenvalue weighted by Gasteiger charge is -2.13. The van der Waals surface area contributed by atoms with Gasteiger partial charge in [-0.15, -0.1) is 0 Å². The molecule has 1 atom stereocenters. The van der Waals surface area contributed by atoms with Gasteiger partial charge in [0.1, 0.15) is 0 Å². The maximum Gasteiger partial charge on any atom is 0.0917 e. The molecule has 0 saturated carbocycles. The molecule has 0 bridgehead atoms. The first-order valence-corrected chi connectivity index (χ1v) is 6.93. The highest BCUT2D eigenvalue weighted by Crippen LogP contribution is 2.16. The van der Waals surface area contributed by atoms with Crippen molar-refractivity contribution in [2.45, 2.75) is 13.0 Å². The van der Waals surface area contributed by atoms with Crippen LogP contribution in [0.2, 0.25) is 0 Å². The monoisotopic (exact) mass is 267 g/mol. The molecule has 0 spiro atoms. The summed E-state index contributed by atoms with van der Waals surface area (Å²) in [6, 6.07) is 18.1. The molecule has 2 heteroatoms. The second kappa shape index (κ2) is 7.63. The Labute approximate surface area is 120 Å². The summed E-state index contributed by atoms with van der Waals surface area (Å²) in [6.07, 6.45) is 3.69. The number of nitrogens with one attached hydrogen (secondary N) is 1. The van der Waals surface area contributed by atoms with Gasteiger partial charge in [-0.3, -0.25) is 0 Å². The van der Waals surface area contributed by atoms with Crippen molar-refractivity contribution in [1.82, 2.24) is 5.32 Å². The van der Waals surface area contributed by atoms with Crippen LogP contribution >= 0.6 is 0 Å². The van der Waals surface area contributed by atoms with Crippen LogP contribution in [0.15, 0.2) is 60.7 Å². The van der Waals surface area contributed by atoms with Gasteiger partial charge >= 0.3 is 0 Å². The molecule has 2 rings (SSSR count). The normalized spacial score (nSPS) is 12.7. The topological polar surface area (TPSA) is 32.3 Å². The van der Waals surface area contributed by atoms with Crippen molar-refractivity contribution in [3.05, 3.63) is 77.4 Å². The van der Waals surface area contributed by atoms with E-state index in [0.717, 1.165) is 17.7 Å². The molecule has 0 aliphatic heterocycles. The lowest BCUT2D eigenvalue weighted by molar-refractivity contribution is 0.175. The number of hydrogen-bond donors (Lipinski definition) is 2. The number of aliphatic hydroxyl groups excluding tert-OH is 1. The molecule has 2 aromatic rings. The summed E-state index contributed by atoms with van der Waals surface area (Å²) < 4.78 is 0. The zero-order chi connectivity index (χ0) is 14.2. The lowest BCUT2D eigenvalue weighted by atomic mass is 10.0. The molecule has 1 unspecified atom stereocenters. The Kier molecular flexibility index (Phi) is 5.54. The average molecular weight is 267 g/mol. The fraction of sp³-hybridized carbons (Fsp3) is 0.222. The first-order valence-electron chi connectivity index (χ1n) is 6.93. The number of aryl methyl sites for hydroxylation is 1. The quantitative estimate of drug-likeness (QED) is 0.787. The third-order valence-electron chi connectivity index (χ3n) is 3.26. The number of benzene rings is 2. The van der Waals surface area contributed by atoms with Crippen LogP contribution in [0.5, 0.6) is 0 Å². The predicted molar refractivity (Wildman–Crippen MR) is 84.5 cm³/mol. The van der Waals surface area contributed by atoms with Crippen LogP contribution in [0.3, 0.4) is 0 Å². The Morgan fingerprint density at radius 1 is 1.05 bits per heavy atom. The molecular formula is C18H21NO. The smallest absolute Gasteiger partial charge is 0.0917 e. The summed E-state index contributed by atoms with van der Waals surface area (Å²) in [7, 11) is 0. The fourth-order valence-electron chi connectivity index (χ4n) is 2.13. The molecule has 2 aromatic carbocycles. The minimum Gasteiger partial charge on any atom is -0.387 e. The molecule has 0 radical (unpaired) electrons. The van der Waals surface area contributed by atoms with E-state index in [4.69, 9.17) is 0 Å². The highest BCUT2D eigenvalue weighted by atomic mass is 16.3. The second-order valence-corrected chi connectivity index (χ2v) is 4.84. The Bertz CT molecular complexity index is 548. The molecule has 2 N–H and O–H groups in total. The van der Waals surface area contributed by atoms with Gasteiger partial charge in [-0.05, 0) is 23.6 Å². The van der Waals surface area contributed by atoms with Crippen molar-refractivity contribution in [2.75, 3.05) is 13.1 Å². The van der Waals surface area contributed by atoms with Gasteiger partial charge in [0.15, 0.2) is 0 Å². The molecule has 2 nitrogen and oxygen atoms in total. The minimum atomic E-state index is -0.457. The average Bonchev–Trinajstić information content (AvgIpc) is 2.48. The molecule has 0 heterocycles. The van der Waals surface area contributed by atoms with Gasteiger partial charge in [0.2, 0.25) is 0 Å². The third-order valence-corrected chi connectivity index (χ3v) is 3.26. The summed E-state index contributed by atoms with van der Waals surface area (Å²) in [5.74, 6) is 0. The third kappa shape index (κ3) is 4.34. The molecule has 0 amide bonds. The van der Waals surface area contributed by atoms with Gasteiger partial charge in [-0.25, -0.2) is 0 Å². The lowest BCUT2D eigenvalue weighted by Crippen LogP contribution is -2.21. The number of aliphatic hydroxyl groups is 1. The predicted octanol–water partition coefficient (Wildman–Crippen LogP) is 3.33. The maximum absolute atomic E-state index is 10.1. The summed E-state index contributed by atoms with van der Waals surface area (Å²) in [5, 5.41) is 13.4. The van der Waals surface area contributed by atoms with Gasteiger partial charge in [0, 0.05) is 13.1 Å². The Morgan fingerprint density at radius 3 is 2.50 bits per heavy atom. The Hall–Kier alpha value is -1.90. The Balaban J connectivity index is 1.76. The van der Waals surface area contributed by atoms with Crippen LogP contribution in [-0.4, -0.2) is 18.2 Å². The molecular weight excluding hydrogens is 246 g/mol. The van der Waals surface area contributed by atoms with E-state index in [0.29, 0.717) is 6.54 Å². The van der Waals surface area contributed by atoms with E-state index in [1.165, 1.54) is 5.56 Å². The van der Waals surface area contributed by atoms with Crippen LogP contribution in [0.25, 0.3) is 6.08 Å². The minimum absolute atomic E-state index is 0.457. The van der Waals surface area contributed by atoms with Crippen molar-refractivity contribution in [2.24, 2.45) is 0 Å². The van der Waals surface area contributed by atoms with Gasteiger partial charge in [0.25, 0.3) is 0 Å². The zero-order valence-electron chi connectivity index (χ0n) is 11.8. The van der Waals surface area contributed by atoms with E-state index in [1.54, 1.807) is 0 Å². The van der Waals surface area contributed by atoms with E-state index in [9.17, 15) is 5.11 Å². The van der Waals surface area contributed by atoms with Gasteiger partial charge in [0.05, 0.1) is 6.10 Å². The summed E-state index contributed by atoms with van der Waals surface area (Å²) in [4.78, 5) is 0. The van der Waals surface area contributed by atoms with Crippen molar-refractivity contribution < 1.29 is 5.11 Å². The zero-order valence-corrected chi connectivity index (χ0v) is 11.8. The molecule has 0 saturated heterocycles. The van der Waals surface area contributed by atoms with Crippen LogP contribution in [0.4, 0.5) is 0 Å². The van der Waals surface area contributed by atoms with Crippen LogP contribution in [-0.2, 0) is 0 Å². The van der Waals surface area contributed by atoms with Crippen molar-refractivity contribution in [3.63, 3.8) is 0 Å². The van der Waals surface area contributed by atoms with Crippen LogP contribution in [0, 0.1) is 6.92 Å².